The fourth-order valence-corrected chi connectivity index (χ4v) is 3.93. The monoisotopic (exact) mass is 381 g/mol. The second-order valence-electron chi connectivity index (χ2n) is 5.89. The van der Waals surface area contributed by atoms with Crippen molar-refractivity contribution in [3.63, 3.8) is 0 Å². The third kappa shape index (κ3) is 3.23. The van der Waals surface area contributed by atoms with Gasteiger partial charge < -0.3 is 10.1 Å². The third-order valence-electron chi connectivity index (χ3n) is 4.12. The highest BCUT2D eigenvalue weighted by atomic mass is 35.5. The number of hydrogen-bond acceptors (Lipinski definition) is 5. The number of nitrogens with zero attached hydrogens (tertiary/aromatic N) is 2. The summed E-state index contributed by atoms with van der Waals surface area (Å²) < 4.78 is 5.25. The fourth-order valence-electron chi connectivity index (χ4n) is 2.76. The van der Waals surface area contributed by atoms with E-state index in [4.69, 9.17) is 16.3 Å². The van der Waals surface area contributed by atoms with Crippen molar-refractivity contribution in [2.45, 2.75) is 6.92 Å². The predicted octanol–water partition coefficient (Wildman–Crippen LogP) is 6.07. The van der Waals surface area contributed by atoms with Gasteiger partial charge in [-0.2, -0.15) is 4.98 Å². The van der Waals surface area contributed by atoms with Gasteiger partial charge in [-0.05, 0) is 48.4 Å². The van der Waals surface area contributed by atoms with Gasteiger partial charge in [0, 0.05) is 16.6 Å². The first kappa shape index (κ1) is 16.8. The predicted molar refractivity (Wildman–Crippen MR) is 109 cm³/mol. The number of halogens is 1. The summed E-state index contributed by atoms with van der Waals surface area (Å²) in [5, 5.41) is 6.66. The normalized spacial score (nSPS) is 10.9. The fraction of sp³-hybridized carbons (Fsp3) is 0.100. The molecule has 26 heavy (non-hydrogen) atoms. The average Bonchev–Trinajstić information content (AvgIpc) is 3.07. The van der Waals surface area contributed by atoms with Crippen molar-refractivity contribution in [3.8, 4) is 16.9 Å². The maximum atomic E-state index is 6.14. The van der Waals surface area contributed by atoms with Crippen LogP contribution in [-0.4, -0.2) is 17.1 Å². The van der Waals surface area contributed by atoms with Crippen molar-refractivity contribution >= 4 is 44.7 Å². The topological polar surface area (TPSA) is 47.0 Å². The van der Waals surface area contributed by atoms with Crippen LogP contribution in [0.4, 0.5) is 11.5 Å². The molecule has 0 unspecified atom stereocenters. The lowest BCUT2D eigenvalue weighted by Gasteiger charge is -2.10. The minimum atomic E-state index is 0.232. The standard InChI is InChI=1S/C20H16ClN3OS/c1-12-3-7-14(8-4-12)22-18-17-16(11-26-19(17)24-20(21)23-18)13-5-9-15(25-2)10-6-13/h3-11H,1-2H3,(H,22,23,24). The molecule has 1 N–H and O–H groups in total. The SMILES string of the molecule is COc1ccc(-c2csc3nc(Cl)nc(Nc4ccc(C)cc4)c23)cc1. The van der Waals surface area contributed by atoms with E-state index in [0.29, 0.717) is 5.82 Å². The molecule has 2 heterocycles. The Morgan fingerprint density at radius 1 is 1.00 bits per heavy atom. The van der Waals surface area contributed by atoms with E-state index in [1.54, 1.807) is 18.4 Å². The molecule has 6 heteroatoms. The third-order valence-corrected chi connectivity index (χ3v) is 5.16. The molecule has 0 atom stereocenters. The molecule has 0 aliphatic heterocycles. The molecule has 0 aliphatic rings. The number of aromatic nitrogens is 2. The van der Waals surface area contributed by atoms with Gasteiger partial charge >= 0.3 is 0 Å². The van der Waals surface area contributed by atoms with E-state index in [0.717, 1.165) is 32.8 Å². The van der Waals surface area contributed by atoms with Crippen LogP contribution in [0.2, 0.25) is 5.28 Å². The molecule has 0 amide bonds. The van der Waals surface area contributed by atoms with Crippen LogP contribution in [0, 0.1) is 6.92 Å². The van der Waals surface area contributed by atoms with Gasteiger partial charge in [-0.3, -0.25) is 0 Å². The number of ether oxygens (including phenoxy) is 1. The summed E-state index contributed by atoms with van der Waals surface area (Å²) in [5.41, 5.74) is 4.31. The number of thiophene rings is 1. The van der Waals surface area contributed by atoms with Crippen molar-refractivity contribution in [1.82, 2.24) is 9.97 Å². The number of nitrogens with one attached hydrogen (secondary N) is 1. The van der Waals surface area contributed by atoms with Crippen molar-refractivity contribution in [3.05, 3.63) is 64.8 Å². The van der Waals surface area contributed by atoms with Crippen molar-refractivity contribution in [1.29, 1.82) is 0 Å². The molecule has 0 fully saturated rings. The van der Waals surface area contributed by atoms with Gasteiger partial charge in [0.15, 0.2) is 0 Å². The van der Waals surface area contributed by atoms with E-state index in [9.17, 15) is 0 Å². The molecule has 0 spiro atoms. The van der Waals surface area contributed by atoms with Crippen LogP contribution < -0.4 is 10.1 Å². The largest absolute Gasteiger partial charge is 0.497 e. The van der Waals surface area contributed by atoms with Gasteiger partial charge in [-0.15, -0.1) is 11.3 Å². The number of methoxy groups -OCH3 is 1. The lowest BCUT2D eigenvalue weighted by atomic mass is 10.1. The highest BCUT2D eigenvalue weighted by Gasteiger charge is 2.15. The van der Waals surface area contributed by atoms with Crippen molar-refractivity contribution in [2.24, 2.45) is 0 Å². The number of benzene rings is 2. The maximum absolute atomic E-state index is 6.14. The summed E-state index contributed by atoms with van der Waals surface area (Å²) in [6.45, 7) is 2.06. The zero-order valence-electron chi connectivity index (χ0n) is 14.3. The molecule has 2 aromatic heterocycles. The Balaban J connectivity index is 1.83. The van der Waals surface area contributed by atoms with Crippen molar-refractivity contribution < 1.29 is 4.74 Å². The van der Waals surface area contributed by atoms with E-state index in [1.165, 1.54) is 5.56 Å². The molecule has 4 rings (SSSR count). The molecule has 0 saturated carbocycles. The van der Waals surface area contributed by atoms with E-state index in [2.05, 4.69) is 39.7 Å². The summed E-state index contributed by atoms with van der Waals surface area (Å²) in [5.74, 6) is 1.53. The van der Waals surface area contributed by atoms with Crippen LogP contribution in [0.1, 0.15) is 5.56 Å². The minimum absolute atomic E-state index is 0.232. The summed E-state index contributed by atoms with van der Waals surface area (Å²) >= 11 is 7.69. The Hall–Kier alpha value is -2.63. The van der Waals surface area contributed by atoms with Crippen LogP contribution in [0.25, 0.3) is 21.3 Å². The molecule has 4 aromatic rings. The zero-order chi connectivity index (χ0) is 18.1. The second kappa shape index (κ2) is 6.94. The van der Waals surface area contributed by atoms with Gasteiger partial charge in [0.1, 0.15) is 16.4 Å². The van der Waals surface area contributed by atoms with Gasteiger partial charge in [-0.1, -0.05) is 29.8 Å². The number of anilines is 2. The Bertz CT molecular complexity index is 1060. The highest BCUT2D eigenvalue weighted by Crippen LogP contribution is 2.38. The summed E-state index contributed by atoms with van der Waals surface area (Å²) in [7, 11) is 1.66. The van der Waals surface area contributed by atoms with E-state index in [-0.39, 0.29) is 5.28 Å². The number of aryl methyl sites for hydroxylation is 1. The molecule has 0 aliphatic carbocycles. The number of fused-ring (bicyclic) bond motifs is 1. The molecule has 130 valence electrons. The zero-order valence-corrected chi connectivity index (χ0v) is 15.9. The smallest absolute Gasteiger partial charge is 0.225 e. The van der Waals surface area contributed by atoms with Gasteiger partial charge in [-0.25, -0.2) is 4.98 Å². The Morgan fingerprint density at radius 2 is 1.73 bits per heavy atom. The average molecular weight is 382 g/mol. The highest BCUT2D eigenvalue weighted by molar-refractivity contribution is 7.17. The van der Waals surface area contributed by atoms with Crippen LogP contribution in [0.3, 0.4) is 0 Å². The van der Waals surface area contributed by atoms with Crippen molar-refractivity contribution in [2.75, 3.05) is 12.4 Å². The van der Waals surface area contributed by atoms with Gasteiger partial charge in [0.05, 0.1) is 12.5 Å². The Kier molecular flexibility index (Phi) is 4.49. The van der Waals surface area contributed by atoms with Crippen LogP contribution in [-0.2, 0) is 0 Å². The second-order valence-corrected chi connectivity index (χ2v) is 7.09. The lowest BCUT2D eigenvalue weighted by Crippen LogP contribution is -1.96. The summed E-state index contributed by atoms with van der Waals surface area (Å²) in [6, 6.07) is 16.1. The maximum Gasteiger partial charge on any atom is 0.225 e. The van der Waals surface area contributed by atoms with Crippen LogP contribution >= 0.6 is 22.9 Å². The lowest BCUT2D eigenvalue weighted by molar-refractivity contribution is 0.415. The van der Waals surface area contributed by atoms with E-state index >= 15 is 0 Å². The quantitative estimate of drug-likeness (QED) is 0.435. The molecular formula is C20H16ClN3OS. The Morgan fingerprint density at radius 3 is 2.42 bits per heavy atom. The van der Waals surface area contributed by atoms with E-state index in [1.807, 2.05) is 36.4 Å². The molecule has 4 nitrogen and oxygen atoms in total. The van der Waals surface area contributed by atoms with Crippen LogP contribution in [0.5, 0.6) is 5.75 Å². The summed E-state index contributed by atoms with van der Waals surface area (Å²) in [6.07, 6.45) is 0. The van der Waals surface area contributed by atoms with Gasteiger partial charge in [0.2, 0.25) is 5.28 Å². The minimum Gasteiger partial charge on any atom is -0.497 e. The molecule has 0 bridgehead atoms. The van der Waals surface area contributed by atoms with Crippen LogP contribution in [0.15, 0.2) is 53.9 Å². The first-order chi connectivity index (χ1) is 12.6. The first-order valence-corrected chi connectivity index (χ1v) is 9.32. The molecular weight excluding hydrogens is 366 g/mol. The number of rotatable bonds is 4. The molecule has 0 radical (unpaired) electrons. The number of hydrogen-bond donors (Lipinski definition) is 1. The summed E-state index contributed by atoms with van der Waals surface area (Å²) in [4.78, 5) is 9.67. The van der Waals surface area contributed by atoms with Gasteiger partial charge in [0.25, 0.3) is 0 Å². The first-order valence-electron chi connectivity index (χ1n) is 8.07. The Labute approximate surface area is 160 Å². The molecule has 0 saturated heterocycles. The molecule has 2 aromatic carbocycles. The van der Waals surface area contributed by atoms with E-state index < -0.39 is 0 Å².